The molecule has 1 aromatic rings. The highest BCUT2D eigenvalue weighted by atomic mass is 32.2. The van der Waals surface area contributed by atoms with Gasteiger partial charge in [-0.3, -0.25) is 0 Å². The maximum absolute atomic E-state index is 12.0. The number of anilines is 1. The number of carbonyl (C=O) groups excluding carboxylic acids is 1. The molecule has 0 radical (unpaired) electrons. The minimum Gasteiger partial charge on any atom is -0.464 e. The van der Waals surface area contributed by atoms with Crippen LogP contribution in [0, 0.1) is 11.3 Å². The van der Waals surface area contributed by atoms with Crippen LogP contribution in [0.3, 0.4) is 0 Å². The van der Waals surface area contributed by atoms with Crippen LogP contribution in [-0.4, -0.2) is 31.4 Å². The zero-order valence-electron chi connectivity index (χ0n) is 11.8. The topological polar surface area (TPSA) is 53.3 Å². The van der Waals surface area contributed by atoms with E-state index in [2.05, 4.69) is 6.07 Å². The SMILES string of the molecule is CCOC(=O)C1CCCN1c1cccc(SC)c1C#N. The van der Waals surface area contributed by atoms with Crippen molar-refractivity contribution in [2.45, 2.75) is 30.7 Å². The first kappa shape index (κ1) is 14.7. The van der Waals surface area contributed by atoms with Crippen molar-refractivity contribution >= 4 is 23.4 Å². The van der Waals surface area contributed by atoms with Gasteiger partial charge in [0.2, 0.25) is 0 Å². The Kier molecular flexibility index (Phi) is 4.91. The molecule has 5 heteroatoms. The van der Waals surface area contributed by atoms with E-state index in [0.717, 1.165) is 30.0 Å². The standard InChI is InChI=1S/C15H18N2O2S/c1-3-19-15(18)13-7-5-9-17(13)12-6-4-8-14(20-2)11(12)10-16/h4,6,8,13H,3,5,7,9H2,1-2H3. The number of benzene rings is 1. The molecule has 1 unspecified atom stereocenters. The zero-order chi connectivity index (χ0) is 14.5. The van der Waals surface area contributed by atoms with Gasteiger partial charge in [0.1, 0.15) is 12.1 Å². The Morgan fingerprint density at radius 1 is 1.60 bits per heavy atom. The number of thioether (sulfide) groups is 1. The van der Waals surface area contributed by atoms with Crippen molar-refractivity contribution in [2.24, 2.45) is 0 Å². The number of nitrogens with zero attached hydrogens (tertiary/aromatic N) is 2. The predicted molar refractivity (Wildman–Crippen MR) is 79.9 cm³/mol. The molecule has 0 aromatic heterocycles. The van der Waals surface area contributed by atoms with Crippen LogP contribution in [-0.2, 0) is 9.53 Å². The van der Waals surface area contributed by atoms with Crippen LogP contribution in [0.1, 0.15) is 25.3 Å². The molecule has 0 spiro atoms. The zero-order valence-corrected chi connectivity index (χ0v) is 12.6. The van der Waals surface area contributed by atoms with Crippen molar-refractivity contribution in [3.05, 3.63) is 23.8 Å². The summed E-state index contributed by atoms with van der Waals surface area (Å²) < 4.78 is 5.14. The average Bonchev–Trinajstić information content (AvgIpc) is 2.95. The fraction of sp³-hybridized carbons (Fsp3) is 0.467. The molecule has 1 heterocycles. The Balaban J connectivity index is 2.35. The van der Waals surface area contributed by atoms with E-state index in [4.69, 9.17) is 4.74 Å². The summed E-state index contributed by atoms with van der Waals surface area (Å²) in [6.45, 7) is 2.99. The smallest absolute Gasteiger partial charge is 0.328 e. The number of carbonyl (C=O) groups is 1. The molecule has 1 saturated heterocycles. The molecular formula is C15H18N2O2S. The van der Waals surface area contributed by atoms with Gasteiger partial charge in [0.25, 0.3) is 0 Å². The molecule has 0 amide bonds. The van der Waals surface area contributed by atoms with Crippen molar-refractivity contribution in [1.82, 2.24) is 0 Å². The number of hydrogen-bond donors (Lipinski definition) is 0. The van der Waals surface area contributed by atoms with E-state index in [9.17, 15) is 10.1 Å². The summed E-state index contributed by atoms with van der Waals surface area (Å²) in [6, 6.07) is 7.78. The van der Waals surface area contributed by atoms with Gasteiger partial charge in [-0.05, 0) is 38.2 Å². The van der Waals surface area contributed by atoms with Crippen LogP contribution < -0.4 is 4.90 Å². The van der Waals surface area contributed by atoms with Gasteiger partial charge in [-0.2, -0.15) is 5.26 Å². The minimum atomic E-state index is -0.265. The molecular weight excluding hydrogens is 272 g/mol. The lowest BCUT2D eigenvalue weighted by Gasteiger charge is -2.26. The third-order valence-corrected chi connectivity index (χ3v) is 4.24. The van der Waals surface area contributed by atoms with Crippen molar-refractivity contribution in [2.75, 3.05) is 24.3 Å². The monoisotopic (exact) mass is 290 g/mol. The van der Waals surface area contributed by atoms with Crippen molar-refractivity contribution < 1.29 is 9.53 Å². The minimum absolute atomic E-state index is 0.191. The van der Waals surface area contributed by atoms with Gasteiger partial charge in [-0.25, -0.2) is 4.79 Å². The van der Waals surface area contributed by atoms with Crippen LogP contribution >= 0.6 is 11.8 Å². The largest absolute Gasteiger partial charge is 0.464 e. The second-order valence-electron chi connectivity index (χ2n) is 4.57. The molecule has 0 saturated carbocycles. The van der Waals surface area contributed by atoms with E-state index in [-0.39, 0.29) is 12.0 Å². The second-order valence-corrected chi connectivity index (χ2v) is 5.42. The van der Waals surface area contributed by atoms with Crippen molar-refractivity contribution in [3.8, 4) is 6.07 Å². The van der Waals surface area contributed by atoms with E-state index < -0.39 is 0 Å². The Morgan fingerprint density at radius 2 is 2.40 bits per heavy atom. The lowest BCUT2D eigenvalue weighted by atomic mass is 10.1. The second kappa shape index (κ2) is 6.67. The molecule has 0 bridgehead atoms. The number of ether oxygens (including phenoxy) is 1. The Bertz CT molecular complexity index is 539. The highest BCUT2D eigenvalue weighted by molar-refractivity contribution is 7.98. The summed E-state index contributed by atoms with van der Waals surface area (Å²) >= 11 is 1.55. The number of nitriles is 1. The Morgan fingerprint density at radius 3 is 3.05 bits per heavy atom. The average molecular weight is 290 g/mol. The molecule has 20 heavy (non-hydrogen) atoms. The molecule has 0 N–H and O–H groups in total. The molecule has 1 aliphatic heterocycles. The fourth-order valence-corrected chi connectivity index (χ4v) is 3.15. The number of rotatable bonds is 4. The van der Waals surface area contributed by atoms with Crippen LogP contribution in [0.2, 0.25) is 0 Å². The van der Waals surface area contributed by atoms with Crippen LogP contribution in [0.4, 0.5) is 5.69 Å². The van der Waals surface area contributed by atoms with E-state index in [0.29, 0.717) is 12.2 Å². The molecule has 1 aromatic carbocycles. The maximum Gasteiger partial charge on any atom is 0.328 e. The van der Waals surface area contributed by atoms with Gasteiger partial charge in [0.05, 0.1) is 17.9 Å². The van der Waals surface area contributed by atoms with Crippen molar-refractivity contribution in [1.29, 1.82) is 5.26 Å². The van der Waals surface area contributed by atoms with Crippen LogP contribution in [0.25, 0.3) is 0 Å². The number of hydrogen-bond acceptors (Lipinski definition) is 5. The Hall–Kier alpha value is -1.67. The normalized spacial score (nSPS) is 17.9. The van der Waals surface area contributed by atoms with Gasteiger partial charge in [-0.15, -0.1) is 11.8 Å². The lowest BCUT2D eigenvalue weighted by Crippen LogP contribution is -2.37. The number of esters is 1. The van der Waals surface area contributed by atoms with Gasteiger partial charge in [0, 0.05) is 11.4 Å². The first-order valence-electron chi connectivity index (χ1n) is 6.73. The Labute approximate surface area is 123 Å². The molecule has 1 atom stereocenters. The summed E-state index contributed by atoms with van der Waals surface area (Å²) in [5, 5.41) is 9.41. The van der Waals surface area contributed by atoms with Crippen molar-refractivity contribution in [3.63, 3.8) is 0 Å². The highest BCUT2D eigenvalue weighted by Crippen LogP contribution is 2.33. The molecule has 4 nitrogen and oxygen atoms in total. The molecule has 106 valence electrons. The lowest BCUT2D eigenvalue weighted by molar-refractivity contribution is -0.144. The molecule has 0 aliphatic carbocycles. The van der Waals surface area contributed by atoms with Gasteiger partial charge < -0.3 is 9.64 Å². The maximum atomic E-state index is 12.0. The summed E-state index contributed by atoms with van der Waals surface area (Å²) in [7, 11) is 0. The van der Waals surface area contributed by atoms with E-state index in [1.807, 2.05) is 36.3 Å². The summed E-state index contributed by atoms with van der Waals surface area (Å²) in [6.07, 6.45) is 3.68. The molecule has 1 aliphatic rings. The quantitative estimate of drug-likeness (QED) is 0.630. The highest BCUT2D eigenvalue weighted by Gasteiger charge is 2.33. The van der Waals surface area contributed by atoms with Crippen LogP contribution in [0.5, 0.6) is 0 Å². The van der Waals surface area contributed by atoms with Crippen LogP contribution in [0.15, 0.2) is 23.1 Å². The van der Waals surface area contributed by atoms with Gasteiger partial charge >= 0.3 is 5.97 Å². The first-order valence-corrected chi connectivity index (χ1v) is 7.95. The fourth-order valence-electron chi connectivity index (χ4n) is 2.58. The summed E-state index contributed by atoms with van der Waals surface area (Å²) in [5.74, 6) is -0.191. The summed E-state index contributed by atoms with van der Waals surface area (Å²) in [5.41, 5.74) is 1.49. The molecule has 2 rings (SSSR count). The summed E-state index contributed by atoms with van der Waals surface area (Å²) in [4.78, 5) is 15.0. The van der Waals surface area contributed by atoms with E-state index in [1.165, 1.54) is 0 Å². The third kappa shape index (κ3) is 2.75. The first-order chi connectivity index (χ1) is 9.72. The molecule has 1 fully saturated rings. The van der Waals surface area contributed by atoms with Gasteiger partial charge in [-0.1, -0.05) is 6.07 Å². The van der Waals surface area contributed by atoms with E-state index in [1.54, 1.807) is 11.8 Å². The van der Waals surface area contributed by atoms with E-state index >= 15 is 0 Å². The van der Waals surface area contributed by atoms with Gasteiger partial charge in [0.15, 0.2) is 0 Å². The predicted octanol–water partition coefficient (Wildman–Crippen LogP) is 2.81. The third-order valence-electron chi connectivity index (χ3n) is 3.46.